The van der Waals surface area contributed by atoms with Gasteiger partial charge in [0.25, 0.3) is 0 Å². The highest BCUT2D eigenvalue weighted by molar-refractivity contribution is 6.42. The Balaban J connectivity index is 2.83. The van der Waals surface area contributed by atoms with Gasteiger partial charge in [-0.3, -0.25) is 10.1 Å². The zero-order valence-corrected chi connectivity index (χ0v) is 6.29. The molecule has 6 heteroatoms. The third kappa shape index (κ3) is 1.66. The summed E-state index contributed by atoms with van der Waals surface area (Å²) in [6.07, 6.45) is -0.210. The van der Waals surface area contributed by atoms with E-state index in [1.807, 2.05) is 5.32 Å². The molecule has 0 fully saturated rings. The Kier molecular flexibility index (Phi) is 2.18. The number of ether oxygens (including phenoxy) is 1. The Morgan fingerprint density at radius 3 is 2.75 bits per heavy atom. The van der Waals surface area contributed by atoms with E-state index in [2.05, 4.69) is 9.73 Å². The lowest BCUT2D eigenvalue weighted by Gasteiger charge is -2.08. The Bertz CT molecular complexity index is 281. The van der Waals surface area contributed by atoms with Crippen molar-refractivity contribution in [3.63, 3.8) is 0 Å². The number of nitrogens with zero attached hydrogens (tertiary/aromatic N) is 1. The van der Waals surface area contributed by atoms with Crippen molar-refractivity contribution in [2.45, 2.75) is 6.42 Å². The molecule has 6 nitrogen and oxygen atoms in total. The smallest absolute Gasteiger partial charge is 0.353 e. The maximum atomic E-state index is 10.8. The van der Waals surface area contributed by atoms with Gasteiger partial charge in [-0.05, 0) is 0 Å². The number of aliphatic imine (C=N–C) groups is 1. The molecular formula is C6H6N2O4. The Morgan fingerprint density at radius 2 is 2.25 bits per heavy atom. The molecule has 64 valence electrons. The van der Waals surface area contributed by atoms with E-state index >= 15 is 0 Å². The van der Waals surface area contributed by atoms with Crippen LogP contribution in [-0.2, 0) is 14.3 Å². The van der Waals surface area contributed by atoms with Gasteiger partial charge in [0.1, 0.15) is 5.71 Å². The van der Waals surface area contributed by atoms with Crippen LogP contribution in [0.25, 0.3) is 0 Å². The predicted octanol–water partition coefficient (Wildman–Crippen LogP) is -0.760. The normalized spacial score (nSPS) is 16.6. The molecule has 0 aromatic carbocycles. The lowest BCUT2D eigenvalue weighted by molar-refractivity contribution is -0.133. The number of hydrogen-bond donors (Lipinski definition) is 1. The fourth-order valence-corrected chi connectivity index (χ4v) is 0.741. The molecule has 1 aliphatic rings. The molecule has 1 N–H and O–H groups in total. The van der Waals surface area contributed by atoms with Gasteiger partial charge in [0.15, 0.2) is 0 Å². The van der Waals surface area contributed by atoms with Crippen LogP contribution in [0.2, 0.25) is 0 Å². The van der Waals surface area contributed by atoms with Crippen molar-refractivity contribution < 1.29 is 19.1 Å². The number of hydrogen-bond acceptors (Lipinski definition) is 4. The van der Waals surface area contributed by atoms with Crippen molar-refractivity contribution in [1.29, 1.82) is 0 Å². The van der Waals surface area contributed by atoms with Gasteiger partial charge in [-0.25, -0.2) is 9.59 Å². The molecule has 1 rings (SSSR count). The number of nitrogens with one attached hydrogen (secondary N) is 1. The number of rotatable bonds is 1. The molecule has 0 unspecified atom stereocenters. The Hall–Kier alpha value is -1.72. The summed E-state index contributed by atoms with van der Waals surface area (Å²) in [6, 6.07) is -0.827. The molecule has 0 aliphatic carbocycles. The zero-order chi connectivity index (χ0) is 9.14. The van der Waals surface area contributed by atoms with E-state index in [1.54, 1.807) is 0 Å². The highest BCUT2D eigenvalue weighted by Gasteiger charge is 2.23. The molecule has 1 heterocycles. The van der Waals surface area contributed by atoms with Gasteiger partial charge in [-0.15, -0.1) is 0 Å². The SMILES string of the molecule is COC(=O)C1=NC(=O)NC(=O)C1. The second-order valence-electron chi connectivity index (χ2n) is 2.08. The van der Waals surface area contributed by atoms with Gasteiger partial charge in [-0.1, -0.05) is 0 Å². The molecule has 1 aliphatic heterocycles. The number of methoxy groups -OCH3 is 1. The van der Waals surface area contributed by atoms with E-state index in [9.17, 15) is 14.4 Å². The molecule has 0 radical (unpaired) electrons. The molecule has 3 amide bonds. The molecule has 0 saturated carbocycles. The second-order valence-corrected chi connectivity index (χ2v) is 2.08. The highest BCUT2D eigenvalue weighted by atomic mass is 16.5. The van der Waals surface area contributed by atoms with Crippen molar-refractivity contribution in [3.05, 3.63) is 0 Å². The van der Waals surface area contributed by atoms with Gasteiger partial charge < -0.3 is 4.74 Å². The first-order valence-corrected chi connectivity index (χ1v) is 3.13. The van der Waals surface area contributed by atoms with Crippen molar-refractivity contribution in [2.24, 2.45) is 4.99 Å². The minimum atomic E-state index is -0.827. The van der Waals surface area contributed by atoms with Crippen LogP contribution in [-0.4, -0.2) is 30.7 Å². The quantitative estimate of drug-likeness (QED) is 0.524. The van der Waals surface area contributed by atoms with Gasteiger partial charge in [0.05, 0.1) is 13.5 Å². The minimum Gasteiger partial charge on any atom is -0.465 e. The van der Waals surface area contributed by atoms with Crippen LogP contribution in [0.5, 0.6) is 0 Å². The Morgan fingerprint density at radius 1 is 1.58 bits per heavy atom. The van der Waals surface area contributed by atoms with Gasteiger partial charge >= 0.3 is 12.0 Å². The molecule has 0 atom stereocenters. The van der Waals surface area contributed by atoms with Crippen LogP contribution < -0.4 is 5.32 Å². The summed E-state index contributed by atoms with van der Waals surface area (Å²) < 4.78 is 4.28. The average Bonchev–Trinajstić information content (AvgIpc) is 2.01. The first-order valence-electron chi connectivity index (χ1n) is 3.13. The predicted molar refractivity (Wildman–Crippen MR) is 37.6 cm³/mol. The van der Waals surface area contributed by atoms with Crippen LogP contribution in [0.4, 0.5) is 4.79 Å². The maximum Gasteiger partial charge on any atom is 0.353 e. The molecule has 12 heavy (non-hydrogen) atoms. The van der Waals surface area contributed by atoms with Crippen LogP contribution in [0, 0.1) is 0 Å². The van der Waals surface area contributed by atoms with Crippen LogP contribution >= 0.6 is 0 Å². The summed E-state index contributed by atoms with van der Waals surface area (Å²) in [5.41, 5.74) is -0.161. The monoisotopic (exact) mass is 170 g/mol. The second kappa shape index (κ2) is 3.12. The van der Waals surface area contributed by atoms with E-state index in [1.165, 1.54) is 0 Å². The fraction of sp³-hybridized carbons (Fsp3) is 0.333. The Labute approximate surface area is 67.6 Å². The van der Waals surface area contributed by atoms with Gasteiger partial charge in [-0.2, -0.15) is 4.99 Å². The summed E-state index contributed by atoms with van der Waals surface area (Å²) >= 11 is 0. The summed E-state index contributed by atoms with van der Waals surface area (Å²) in [6.45, 7) is 0. The molecule has 0 saturated heterocycles. The van der Waals surface area contributed by atoms with Crippen molar-refractivity contribution in [3.8, 4) is 0 Å². The van der Waals surface area contributed by atoms with E-state index in [0.717, 1.165) is 7.11 Å². The summed E-state index contributed by atoms with van der Waals surface area (Å²) in [7, 11) is 1.15. The largest absolute Gasteiger partial charge is 0.465 e. The zero-order valence-electron chi connectivity index (χ0n) is 6.29. The number of carbonyl (C=O) groups excluding carboxylic acids is 3. The number of esters is 1. The van der Waals surface area contributed by atoms with Crippen molar-refractivity contribution in [1.82, 2.24) is 5.32 Å². The third-order valence-electron chi connectivity index (χ3n) is 1.23. The summed E-state index contributed by atoms with van der Waals surface area (Å²) in [5, 5.41) is 1.92. The lowest BCUT2D eigenvalue weighted by Crippen LogP contribution is -2.38. The van der Waals surface area contributed by atoms with Crippen molar-refractivity contribution >= 4 is 23.6 Å². The molecule has 0 spiro atoms. The third-order valence-corrected chi connectivity index (χ3v) is 1.23. The van der Waals surface area contributed by atoms with E-state index in [-0.39, 0.29) is 12.1 Å². The number of amides is 3. The van der Waals surface area contributed by atoms with Crippen molar-refractivity contribution in [2.75, 3.05) is 7.11 Å². The summed E-state index contributed by atoms with van der Waals surface area (Å²) in [5.74, 6) is -1.30. The van der Waals surface area contributed by atoms with Crippen LogP contribution in [0.1, 0.15) is 6.42 Å². The standard InChI is InChI=1S/C6H6N2O4/c1-12-5(10)3-2-4(9)8-6(11)7-3/h2H2,1H3,(H,8,9,11). The lowest BCUT2D eigenvalue weighted by atomic mass is 10.2. The highest BCUT2D eigenvalue weighted by Crippen LogP contribution is 1.97. The molecule has 0 aromatic heterocycles. The number of urea groups is 1. The van der Waals surface area contributed by atoms with Gasteiger partial charge in [0, 0.05) is 0 Å². The fourth-order valence-electron chi connectivity index (χ4n) is 0.741. The number of imide groups is 1. The van der Waals surface area contributed by atoms with E-state index in [0.29, 0.717) is 0 Å². The average molecular weight is 170 g/mol. The van der Waals surface area contributed by atoms with Crippen LogP contribution in [0.15, 0.2) is 4.99 Å². The molecule has 0 aromatic rings. The molecular weight excluding hydrogens is 164 g/mol. The topological polar surface area (TPSA) is 84.8 Å². The summed E-state index contributed by atoms with van der Waals surface area (Å²) in [4.78, 5) is 35.3. The van der Waals surface area contributed by atoms with E-state index in [4.69, 9.17) is 0 Å². The van der Waals surface area contributed by atoms with Crippen LogP contribution in [0.3, 0.4) is 0 Å². The van der Waals surface area contributed by atoms with Gasteiger partial charge in [0.2, 0.25) is 5.91 Å². The minimum absolute atomic E-state index is 0.161. The number of carbonyl (C=O) groups is 3. The molecule has 0 bridgehead atoms. The first kappa shape index (κ1) is 8.38. The first-order chi connectivity index (χ1) is 5.63. The van der Waals surface area contributed by atoms with E-state index < -0.39 is 17.9 Å². The maximum absolute atomic E-state index is 10.8.